The third-order valence-corrected chi connectivity index (χ3v) is 19.4. The number of unbranched alkanes of at least 4 members (excludes halogenated alkanes) is 1. The molecule has 1 saturated heterocycles. The SMILES string of the molecule is CC[C@H](C)[C@@H]1NC(=O)[C@H](CCCCN)NC(=O)[C@H](N)C(C)(C)SSC[C@H](C(=O)O)NC(=O)[C@H](CO)NC(=O)[C@H]([C@@H](C)CC)NC(=O)[C@H](Cc2ccc(O)cc2)NC(=O)[C@H](CC(=O)O)NC(=O)[C@H]([C@@H](C)O)NC(=O)[C@H]([C@@H](C)CC)NC(=O)[C@H](CC(=O)O)NC(=O)[C@H](CC(=O)O)NC1=O. The number of aliphatic hydroxyl groups excluding tert-OH is 2. The molecule has 97 heavy (non-hydrogen) atoms. The summed E-state index contributed by atoms with van der Waals surface area (Å²) in [5.41, 5.74) is 12.5. The molecule has 1 fully saturated rings. The minimum absolute atomic E-state index is 0.0588. The number of nitrogens with one attached hydrogen (secondary N) is 11. The summed E-state index contributed by atoms with van der Waals surface area (Å²) >= 11 is 0. The van der Waals surface area contributed by atoms with E-state index in [0.717, 1.165) is 28.5 Å². The lowest BCUT2D eigenvalue weighted by molar-refractivity contribution is -0.144. The number of carbonyl (C=O) groups excluding carboxylic acids is 11. The van der Waals surface area contributed by atoms with Crippen LogP contribution in [0.1, 0.15) is 126 Å². The summed E-state index contributed by atoms with van der Waals surface area (Å²) in [4.78, 5) is 205. The van der Waals surface area contributed by atoms with Crippen molar-refractivity contribution in [2.24, 2.45) is 29.2 Å². The summed E-state index contributed by atoms with van der Waals surface area (Å²) < 4.78 is -1.30. The van der Waals surface area contributed by atoms with Gasteiger partial charge >= 0.3 is 23.9 Å². The molecule has 2 rings (SSSR count). The summed E-state index contributed by atoms with van der Waals surface area (Å²) in [6.45, 7) is 12.3. The van der Waals surface area contributed by atoms with E-state index in [-0.39, 0.29) is 50.0 Å². The molecule has 0 bridgehead atoms. The standard InChI is InChI=1S/C60H95N13O22S2/c1-10-27(4)43-54(89)66-35(22-40(77)78)50(85)65-37(24-42(81)82)52(87)72-45(29(6)12-3)56(91)73-46(30(7)75)57(92)67-36(23-41(79)80)49(84)64-34(21-31-16-18-32(76)19-17-31)51(86)71-44(28(5)11-2)55(90)68-38(25-74)53(88)69-39(59(94)95)26-96-97-60(8,9)47(62)58(93)63-33(48(83)70-43)15-13-14-20-61/h16-19,27-30,33-39,43-47,74-76H,10-15,20-26,61-62H2,1-9H3,(H,63,93)(H,64,84)(H,65,85)(H,66,89)(H,67,92)(H,68,90)(H,69,88)(H,70,83)(H,71,86)(H,72,87)(H,73,91)(H,77,78)(H,79,80)(H,81,82)(H,94,95)/t27-,28-,29-,30+,33-,34-,35-,36-,37-,38-,39+,43-,44-,45-,46-,47-/m0/s1. The van der Waals surface area contributed by atoms with Gasteiger partial charge in [-0.1, -0.05) is 94.5 Å². The molecule has 1 heterocycles. The van der Waals surface area contributed by atoms with E-state index in [1.165, 1.54) is 58.9 Å². The van der Waals surface area contributed by atoms with Crippen LogP contribution in [0.3, 0.4) is 0 Å². The molecule has 16 atom stereocenters. The van der Waals surface area contributed by atoms with E-state index >= 15 is 0 Å². The highest BCUT2D eigenvalue weighted by molar-refractivity contribution is 8.77. The van der Waals surface area contributed by atoms with Crippen molar-refractivity contribution in [1.82, 2.24) is 58.5 Å². The molecular weight excluding hydrogens is 1320 g/mol. The lowest BCUT2D eigenvalue weighted by Gasteiger charge is -2.32. The number of carboxylic acid groups (broad SMARTS) is 4. The number of aliphatic hydroxyl groups is 2. The van der Waals surface area contributed by atoms with Crippen molar-refractivity contribution in [2.45, 2.75) is 210 Å². The zero-order valence-electron chi connectivity index (χ0n) is 55.5. The number of hydrogen-bond donors (Lipinski definition) is 20. The minimum atomic E-state index is -2.15. The quantitative estimate of drug-likeness (QED) is 0.0411. The molecule has 11 amide bonds. The van der Waals surface area contributed by atoms with Crippen LogP contribution in [0.4, 0.5) is 0 Å². The van der Waals surface area contributed by atoms with Crippen LogP contribution in [0.2, 0.25) is 0 Å². The first-order valence-electron chi connectivity index (χ1n) is 31.4. The van der Waals surface area contributed by atoms with Crippen LogP contribution in [0.5, 0.6) is 5.75 Å². The Labute approximate surface area is 567 Å². The van der Waals surface area contributed by atoms with Gasteiger partial charge < -0.3 is 106 Å². The van der Waals surface area contributed by atoms with E-state index in [4.69, 9.17) is 11.5 Å². The summed E-state index contributed by atoms with van der Waals surface area (Å²) in [5.74, 6) is -23.2. The Bertz CT molecular complexity index is 2950. The van der Waals surface area contributed by atoms with Gasteiger partial charge in [-0.15, -0.1) is 0 Å². The number of carboxylic acids is 4. The van der Waals surface area contributed by atoms with Crippen LogP contribution in [0.15, 0.2) is 24.3 Å². The second-order valence-corrected chi connectivity index (χ2v) is 27.2. The van der Waals surface area contributed by atoms with E-state index in [0.29, 0.717) is 6.42 Å². The maximum Gasteiger partial charge on any atom is 0.327 e. The van der Waals surface area contributed by atoms with Crippen molar-refractivity contribution in [3.63, 3.8) is 0 Å². The molecule has 35 nitrogen and oxygen atoms in total. The Morgan fingerprint density at radius 2 is 0.856 bits per heavy atom. The monoisotopic (exact) mass is 1410 g/mol. The zero-order chi connectivity index (χ0) is 73.8. The largest absolute Gasteiger partial charge is 0.508 e. The van der Waals surface area contributed by atoms with Gasteiger partial charge in [0.25, 0.3) is 0 Å². The summed E-state index contributed by atoms with van der Waals surface area (Å²) in [6, 6.07) is -16.6. The van der Waals surface area contributed by atoms with Gasteiger partial charge in [0.1, 0.15) is 72.2 Å². The lowest BCUT2D eigenvalue weighted by Crippen LogP contribution is -2.63. The van der Waals surface area contributed by atoms with Crippen molar-refractivity contribution in [3.8, 4) is 5.75 Å². The third-order valence-electron chi connectivity index (χ3n) is 16.0. The molecule has 0 aromatic heterocycles. The van der Waals surface area contributed by atoms with Gasteiger partial charge in [-0.05, 0) is 82.0 Å². The number of rotatable bonds is 21. The molecule has 0 aliphatic carbocycles. The number of phenolic OH excluding ortho intramolecular Hbond substituents is 1. The number of aliphatic carboxylic acids is 4. The van der Waals surface area contributed by atoms with Crippen LogP contribution < -0.4 is 70.0 Å². The van der Waals surface area contributed by atoms with Gasteiger partial charge in [0.05, 0.1) is 38.0 Å². The number of phenols is 1. The van der Waals surface area contributed by atoms with E-state index in [1.54, 1.807) is 20.8 Å². The molecule has 1 aromatic carbocycles. The maximum absolute atomic E-state index is 14.5. The molecule has 0 spiro atoms. The first kappa shape index (κ1) is 84.7. The van der Waals surface area contributed by atoms with Crippen LogP contribution in [0, 0.1) is 17.8 Å². The summed E-state index contributed by atoms with van der Waals surface area (Å²) in [7, 11) is 1.74. The minimum Gasteiger partial charge on any atom is -0.508 e. The van der Waals surface area contributed by atoms with Crippen LogP contribution in [0.25, 0.3) is 0 Å². The van der Waals surface area contributed by atoms with Crippen molar-refractivity contribution >= 4 is 110 Å². The van der Waals surface area contributed by atoms with Crippen molar-refractivity contribution in [2.75, 3.05) is 18.9 Å². The number of aromatic hydroxyl groups is 1. The molecule has 544 valence electrons. The fraction of sp³-hybridized carbons (Fsp3) is 0.650. The fourth-order valence-electron chi connectivity index (χ4n) is 9.36. The Morgan fingerprint density at radius 1 is 0.505 bits per heavy atom. The van der Waals surface area contributed by atoms with Gasteiger partial charge in [-0.25, -0.2) is 4.79 Å². The highest BCUT2D eigenvalue weighted by Crippen LogP contribution is 2.38. The van der Waals surface area contributed by atoms with Gasteiger partial charge in [-0.3, -0.25) is 67.1 Å². The molecule has 1 aliphatic rings. The van der Waals surface area contributed by atoms with Crippen LogP contribution >= 0.6 is 21.6 Å². The van der Waals surface area contributed by atoms with Gasteiger partial charge in [0.15, 0.2) is 0 Å². The summed E-state index contributed by atoms with van der Waals surface area (Å²) in [6.07, 6.45) is -5.09. The number of amides is 11. The van der Waals surface area contributed by atoms with Crippen LogP contribution in [-0.2, 0) is 78.3 Å². The van der Waals surface area contributed by atoms with Gasteiger partial charge in [0, 0.05) is 16.9 Å². The topological polar surface area (TPSA) is 582 Å². The second kappa shape index (κ2) is 41.0. The predicted molar refractivity (Wildman–Crippen MR) is 350 cm³/mol. The number of nitrogens with two attached hydrogens (primary N) is 2. The normalized spacial score (nSPS) is 27.0. The molecule has 1 aromatic rings. The Kier molecular flexibility index (Phi) is 35.8. The molecule has 22 N–H and O–H groups in total. The molecule has 0 unspecified atom stereocenters. The number of hydrogen-bond acceptors (Lipinski definition) is 22. The zero-order valence-corrected chi connectivity index (χ0v) is 57.1. The fourth-order valence-corrected chi connectivity index (χ4v) is 12.1. The number of carbonyl (C=O) groups is 15. The van der Waals surface area contributed by atoms with Gasteiger partial charge in [-0.2, -0.15) is 0 Å². The molecular formula is C60H95N13O22S2. The van der Waals surface area contributed by atoms with Crippen molar-refractivity contribution in [1.29, 1.82) is 0 Å². The molecule has 37 heteroatoms. The average Bonchev–Trinajstić information content (AvgIpc) is 0.869. The van der Waals surface area contributed by atoms with E-state index in [1.807, 2.05) is 0 Å². The second-order valence-electron chi connectivity index (χ2n) is 24.2. The first-order chi connectivity index (χ1) is 45.4. The Balaban J connectivity index is 2.92. The van der Waals surface area contributed by atoms with Crippen molar-refractivity contribution in [3.05, 3.63) is 29.8 Å². The molecule has 0 radical (unpaired) electrons. The molecule has 1 aliphatic heterocycles. The Hall–Kier alpha value is -8.39. The molecule has 0 saturated carbocycles. The van der Waals surface area contributed by atoms with E-state index < -0.39 is 228 Å². The highest BCUT2D eigenvalue weighted by atomic mass is 33.1. The van der Waals surface area contributed by atoms with E-state index in [9.17, 15) is 108 Å². The van der Waals surface area contributed by atoms with E-state index in [2.05, 4.69) is 58.5 Å². The first-order valence-corrected chi connectivity index (χ1v) is 33.7. The van der Waals surface area contributed by atoms with Crippen molar-refractivity contribution < 1.29 is 108 Å². The smallest absolute Gasteiger partial charge is 0.327 e. The third kappa shape index (κ3) is 27.9. The van der Waals surface area contributed by atoms with Crippen LogP contribution in [-0.4, -0.2) is 227 Å². The number of benzene rings is 1. The maximum atomic E-state index is 14.5. The van der Waals surface area contributed by atoms with Gasteiger partial charge in [0.2, 0.25) is 65.0 Å². The predicted octanol–water partition coefficient (Wildman–Crippen LogP) is -4.08. The Morgan fingerprint density at radius 3 is 1.26 bits per heavy atom. The highest BCUT2D eigenvalue weighted by Gasteiger charge is 2.42. The summed E-state index contributed by atoms with van der Waals surface area (Å²) in [5, 5.41) is 96.9. The average molecular weight is 1410 g/mol. The lowest BCUT2D eigenvalue weighted by atomic mass is 9.96.